The molecule has 3 N–H and O–H groups in total. The van der Waals surface area contributed by atoms with Crippen molar-refractivity contribution in [2.75, 3.05) is 5.32 Å². The molecule has 0 spiro atoms. The minimum absolute atomic E-state index is 0.0605. The van der Waals surface area contributed by atoms with Gasteiger partial charge in [0.1, 0.15) is 0 Å². The van der Waals surface area contributed by atoms with Crippen LogP contribution in [-0.4, -0.2) is 23.8 Å². The summed E-state index contributed by atoms with van der Waals surface area (Å²) >= 11 is 1.40. The molecule has 1 saturated carbocycles. The van der Waals surface area contributed by atoms with Crippen LogP contribution >= 0.6 is 11.3 Å². The molecule has 1 aliphatic rings. The molecule has 3 amide bonds. The van der Waals surface area contributed by atoms with Crippen molar-refractivity contribution in [2.45, 2.75) is 51.6 Å². The Morgan fingerprint density at radius 1 is 0.882 bits per heavy atom. The molecule has 6 nitrogen and oxygen atoms in total. The highest BCUT2D eigenvalue weighted by molar-refractivity contribution is 7.12. The largest absolute Gasteiger partial charge is 0.349 e. The molecule has 1 aliphatic carbocycles. The SMILES string of the molecule is Cc1cc(C(=O)NC2CCCCC2)ccc1NC(=O)c1ccc(CNC(=O)c2cccs2)cc1. The van der Waals surface area contributed by atoms with Crippen molar-refractivity contribution < 1.29 is 14.4 Å². The number of hydrogen-bond acceptors (Lipinski definition) is 4. The van der Waals surface area contributed by atoms with Crippen LogP contribution in [0.4, 0.5) is 5.69 Å². The van der Waals surface area contributed by atoms with Crippen LogP contribution in [0.1, 0.15) is 73.6 Å². The Bertz CT molecular complexity index is 1150. The van der Waals surface area contributed by atoms with Crippen LogP contribution in [0, 0.1) is 6.92 Å². The van der Waals surface area contributed by atoms with Crippen LogP contribution in [0.3, 0.4) is 0 Å². The van der Waals surface area contributed by atoms with E-state index in [0.717, 1.165) is 24.0 Å². The lowest BCUT2D eigenvalue weighted by atomic mass is 9.95. The normalized spacial score (nSPS) is 13.8. The minimum atomic E-state index is -0.225. The first-order valence-electron chi connectivity index (χ1n) is 11.6. The summed E-state index contributed by atoms with van der Waals surface area (Å²) in [4.78, 5) is 38.0. The van der Waals surface area contributed by atoms with Gasteiger partial charge in [0.2, 0.25) is 0 Å². The van der Waals surface area contributed by atoms with E-state index in [0.29, 0.717) is 28.2 Å². The Morgan fingerprint density at radius 2 is 1.62 bits per heavy atom. The van der Waals surface area contributed by atoms with Gasteiger partial charge in [0.05, 0.1) is 4.88 Å². The molecule has 0 atom stereocenters. The number of nitrogens with one attached hydrogen (secondary N) is 3. The van der Waals surface area contributed by atoms with Gasteiger partial charge in [-0.25, -0.2) is 0 Å². The summed E-state index contributed by atoms with van der Waals surface area (Å²) in [5.74, 6) is -0.394. The fourth-order valence-electron chi connectivity index (χ4n) is 4.11. The van der Waals surface area contributed by atoms with Crippen molar-refractivity contribution in [3.8, 4) is 0 Å². The molecule has 4 rings (SSSR count). The second-order valence-corrected chi connectivity index (χ2v) is 9.60. The number of benzene rings is 2. The van der Waals surface area contributed by atoms with E-state index in [9.17, 15) is 14.4 Å². The number of carbonyl (C=O) groups excluding carboxylic acids is 3. The number of carbonyl (C=O) groups is 3. The molecule has 3 aromatic rings. The number of aryl methyl sites for hydroxylation is 1. The van der Waals surface area contributed by atoms with Gasteiger partial charge in [-0.05, 0) is 72.7 Å². The predicted molar refractivity (Wildman–Crippen MR) is 135 cm³/mol. The molecule has 1 fully saturated rings. The number of amides is 3. The van der Waals surface area contributed by atoms with E-state index < -0.39 is 0 Å². The van der Waals surface area contributed by atoms with E-state index in [1.807, 2.05) is 36.6 Å². The van der Waals surface area contributed by atoms with Gasteiger partial charge >= 0.3 is 0 Å². The van der Waals surface area contributed by atoms with E-state index in [1.54, 1.807) is 30.3 Å². The Labute approximate surface area is 203 Å². The quantitative estimate of drug-likeness (QED) is 0.433. The zero-order chi connectivity index (χ0) is 23.9. The summed E-state index contributed by atoms with van der Waals surface area (Å²) in [6.45, 7) is 2.27. The zero-order valence-corrected chi connectivity index (χ0v) is 20.0. The monoisotopic (exact) mass is 475 g/mol. The van der Waals surface area contributed by atoms with Crippen LogP contribution in [0.25, 0.3) is 0 Å². The first-order chi connectivity index (χ1) is 16.5. The van der Waals surface area contributed by atoms with Crippen molar-refractivity contribution in [1.82, 2.24) is 10.6 Å². The van der Waals surface area contributed by atoms with Gasteiger partial charge in [-0.1, -0.05) is 37.5 Å². The highest BCUT2D eigenvalue weighted by Crippen LogP contribution is 2.20. The lowest BCUT2D eigenvalue weighted by Gasteiger charge is -2.23. The Kier molecular flexibility index (Phi) is 7.75. The molecule has 2 aromatic carbocycles. The van der Waals surface area contributed by atoms with E-state index in [2.05, 4.69) is 16.0 Å². The highest BCUT2D eigenvalue weighted by Gasteiger charge is 2.17. The summed E-state index contributed by atoms with van der Waals surface area (Å²) in [5, 5.41) is 10.8. The number of rotatable bonds is 7. The zero-order valence-electron chi connectivity index (χ0n) is 19.2. The second-order valence-electron chi connectivity index (χ2n) is 8.65. The first kappa shape index (κ1) is 23.7. The molecule has 0 unspecified atom stereocenters. The van der Waals surface area contributed by atoms with Crippen molar-refractivity contribution in [1.29, 1.82) is 0 Å². The van der Waals surface area contributed by atoms with Crippen molar-refractivity contribution in [2.24, 2.45) is 0 Å². The molecule has 0 saturated heterocycles. The maximum atomic E-state index is 12.7. The molecule has 0 bridgehead atoms. The molecule has 1 aromatic heterocycles. The highest BCUT2D eigenvalue weighted by atomic mass is 32.1. The van der Waals surface area contributed by atoms with Crippen LogP contribution in [-0.2, 0) is 6.54 Å². The van der Waals surface area contributed by atoms with E-state index in [1.165, 1.54) is 30.6 Å². The lowest BCUT2D eigenvalue weighted by Crippen LogP contribution is -2.36. The van der Waals surface area contributed by atoms with Gasteiger partial charge in [0.25, 0.3) is 17.7 Å². The van der Waals surface area contributed by atoms with E-state index in [4.69, 9.17) is 0 Å². The molecule has 1 heterocycles. The molecular weight excluding hydrogens is 446 g/mol. The molecule has 0 aliphatic heterocycles. The topological polar surface area (TPSA) is 87.3 Å². The number of anilines is 1. The number of thiophene rings is 1. The van der Waals surface area contributed by atoms with Crippen molar-refractivity contribution in [3.63, 3.8) is 0 Å². The van der Waals surface area contributed by atoms with Crippen molar-refractivity contribution in [3.05, 3.63) is 87.1 Å². The minimum Gasteiger partial charge on any atom is -0.349 e. The van der Waals surface area contributed by atoms with Gasteiger partial charge in [-0.3, -0.25) is 14.4 Å². The van der Waals surface area contributed by atoms with Crippen LogP contribution < -0.4 is 16.0 Å². The molecule has 34 heavy (non-hydrogen) atoms. The summed E-state index contributed by atoms with van der Waals surface area (Å²) in [6, 6.07) is 16.4. The first-order valence-corrected chi connectivity index (χ1v) is 12.5. The Balaban J connectivity index is 1.32. The summed E-state index contributed by atoms with van der Waals surface area (Å²) < 4.78 is 0. The maximum Gasteiger partial charge on any atom is 0.261 e. The third kappa shape index (κ3) is 6.11. The lowest BCUT2D eigenvalue weighted by molar-refractivity contribution is 0.0925. The molecule has 176 valence electrons. The van der Waals surface area contributed by atoms with Gasteiger partial charge < -0.3 is 16.0 Å². The summed E-state index contributed by atoms with van der Waals surface area (Å²) in [7, 11) is 0. The van der Waals surface area contributed by atoms with E-state index in [-0.39, 0.29) is 23.8 Å². The number of hydrogen-bond donors (Lipinski definition) is 3. The average Bonchev–Trinajstić information content (AvgIpc) is 3.40. The third-order valence-corrected chi connectivity index (χ3v) is 6.96. The van der Waals surface area contributed by atoms with Crippen LogP contribution in [0.2, 0.25) is 0 Å². The van der Waals surface area contributed by atoms with Crippen molar-refractivity contribution >= 4 is 34.7 Å². The standard InChI is InChI=1S/C27H29N3O3S/c1-18-16-21(26(32)29-22-6-3-2-4-7-22)13-14-23(18)30-25(31)20-11-9-19(10-12-20)17-28-27(33)24-8-5-15-34-24/h5,8-16,22H,2-4,6-7,17H2,1H3,(H,28,33)(H,29,32)(H,30,31). The fraction of sp³-hybridized carbons (Fsp3) is 0.296. The summed E-state index contributed by atoms with van der Waals surface area (Å²) in [6.07, 6.45) is 5.66. The fourth-order valence-corrected chi connectivity index (χ4v) is 4.75. The van der Waals surface area contributed by atoms with E-state index >= 15 is 0 Å². The van der Waals surface area contributed by atoms with Gasteiger partial charge in [-0.15, -0.1) is 11.3 Å². The van der Waals surface area contributed by atoms with Gasteiger partial charge in [0, 0.05) is 29.4 Å². The Hall–Kier alpha value is -3.45. The third-order valence-electron chi connectivity index (χ3n) is 6.09. The molecule has 0 radical (unpaired) electrons. The average molecular weight is 476 g/mol. The maximum absolute atomic E-state index is 12.7. The Morgan fingerprint density at radius 3 is 2.29 bits per heavy atom. The van der Waals surface area contributed by atoms with Gasteiger partial charge in [-0.2, -0.15) is 0 Å². The predicted octanol–water partition coefficient (Wildman–Crippen LogP) is 5.30. The second kappa shape index (κ2) is 11.1. The molecule has 7 heteroatoms. The molecular formula is C27H29N3O3S. The van der Waals surface area contributed by atoms with Gasteiger partial charge in [0.15, 0.2) is 0 Å². The van der Waals surface area contributed by atoms with Crippen LogP contribution in [0.5, 0.6) is 0 Å². The smallest absolute Gasteiger partial charge is 0.261 e. The summed E-state index contributed by atoms with van der Waals surface area (Å²) in [5.41, 5.74) is 3.54. The van der Waals surface area contributed by atoms with Crippen LogP contribution in [0.15, 0.2) is 60.0 Å².